The van der Waals surface area contributed by atoms with E-state index in [1.807, 2.05) is 0 Å². The van der Waals surface area contributed by atoms with E-state index in [2.05, 4.69) is 25.6 Å². The zero-order valence-electron chi connectivity index (χ0n) is 9.19. The van der Waals surface area contributed by atoms with Crippen molar-refractivity contribution in [2.45, 2.75) is 26.4 Å². The summed E-state index contributed by atoms with van der Waals surface area (Å²) in [4.78, 5) is 22.0. The highest BCUT2D eigenvalue weighted by atomic mass is 16.5. The summed E-state index contributed by atoms with van der Waals surface area (Å²) in [6.45, 7) is 3.78. The van der Waals surface area contributed by atoms with Gasteiger partial charge in [0.2, 0.25) is 12.3 Å². The van der Waals surface area contributed by atoms with Gasteiger partial charge in [0.05, 0.1) is 19.1 Å². The van der Waals surface area contributed by atoms with E-state index in [4.69, 9.17) is 0 Å². The fourth-order valence-corrected chi connectivity index (χ4v) is 1.07. The first kappa shape index (κ1) is 12.3. The van der Waals surface area contributed by atoms with Crippen molar-refractivity contribution >= 4 is 24.0 Å². The van der Waals surface area contributed by atoms with Crippen molar-refractivity contribution in [1.29, 1.82) is 0 Å². The van der Waals surface area contributed by atoms with Gasteiger partial charge in [0.15, 0.2) is 0 Å². The van der Waals surface area contributed by atoms with E-state index in [0.717, 1.165) is 12.1 Å². The number of rotatable bonds is 4. The van der Waals surface area contributed by atoms with Crippen molar-refractivity contribution in [3.05, 3.63) is 0 Å². The van der Waals surface area contributed by atoms with Gasteiger partial charge in [-0.2, -0.15) is 5.10 Å². The first-order chi connectivity index (χ1) is 7.58. The topological polar surface area (TPSA) is 92.2 Å². The normalized spacial score (nSPS) is 19.6. The second-order valence-electron chi connectivity index (χ2n) is 3.46. The molecule has 1 amide bonds. The van der Waals surface area contributed by atoms with Gasteiger partial charge in [-0.25, -0.2) is 0 Å². The molecule has 1 rings (SSSR count). The third kappa shape index (κ3) is 4.65. The summed E-state index contributed by atoms with van der Waals surface area (Å²) in [6.07, 6.45) is 0.684. The highest BCUT2D eigenvalue weighted by Crippen LogP contribution is 1.95. The van der Waals surface area contributed by atoms with E-state index in [1.165, 1.54) is 0 Å². The average Bonchev–Trinajstić information content (AvgIpc) is 2.58. The van der Waals surface area contributed by atoms with Crippen LogP contribution in [0.3, 0.4) is 0 Å². The molecular weight excluding hydrogens is 212 g/mol. The van der Waals surface area contributed by atoms with E-state index in [1.54, 1.807) is 13.8 Å². The molecule has 1 fully saturated rings. The quantitative estimate of drug-likeness (QED) is 0.289. The minimum absolute atomic E-state index is 0.0621. The van der Waals surface area contributed by atoms with E-state index in [9.17, 15) is 9.59 Å². The molecule has 2 N–H and O–H groups in total. The Morgan fingerprint density at radius 1 is 1.62 bits per heavy atom. The lowest BCUT2D eigenvalue weighted by atomic mass is 10.3. The molecule has 7 nitrogen and oxygen atoms in total. The number of hydrogen-bond donors (Lipinski definition) is 2. The fourth-order valence-electron chi connectivity index (χ4n) is 1.07. The molecule has 7 heteroatoms. The first-order valence-corrected chi connectivity index (χ1v) is 4.83. The molecule has 0 spiro atoms. The Morgan fingerprint density at radius 3 is 2.94 bits per heavy atom. The van der Waals surface area contributed by atoms with Gasteiger partial charge in [-0.05, 0) is 13.8 Å². The van der Waals surface area contributed by atoms with E-state index in [-0.39, 0.29) is 25.0 Å². The van der Waals surface area contributed by atoms with Gasteiger partial charge in [-0.15, -0.1) is 5.10 Å². The van der Waals surface area contributed by atoms with Gasteiger partial charge in [-0.3, -0.25) is 14.9 Å². The standard InChI is InChI=1S/C9H14N4O3/c1-6(2)13-11-5-16-9(15)3-7-10-4-8(14)12-7/h5,7,10H,3-4H2,1-2H3,(H,12,14)/b11-5+. The number of carbonyl (C=O) groups excluding carboxylic acids is 2. The van der Waals surface area contributed by atoms with Gasteiger partial charge < -0.3 is 10.1 Å². The monoisotopic (exact) mass is 226 g/mol. The van der Waals surface area contributed by atoms with E-state index >= 15 is 0 Å². The van der Waals surface area contributed by atoms with E-state index in [0.29, 0.717) is 0 Å². The van der Waals surface area contributed by atoms with Gasteiger partial charge in [0.1, 0.15) is 0 Å². The predicted octanol–water partition coefficient (Wildman–Crippen LogP) is -0.611. The lowest BCUT2D eigenvalue weighted by Gasteiger charge is -2.07. The molecule has 0 aromatic rings. The summed E-state index contributed by atoms with van der Waals surface area (Å²) in [6, 6.07) is 0. The third-order valence-corrected chi connectivity index (χ3v) is 1.70. The molecule has 1 saturated heterocycles. The van der Waals surface area contributed by atoms with Crippen LogP contribution in [-0.4, -0.2) is 36.7 Å². The Hall–Kier alpha value is -1.76. The minimum Gasteiger partial charge on any atom is -0.413 e. The van der Waals surface area contributed by atoms with Gasteiger partial charge in [0.25, 0.3) is 0 Å². The zero-order valence-corrected chi connectivity index (χ0v) is 9.19. The molecule has 0 radical (unpaired) electrons. The van der Waals surface area contributed by atoms with Crippen molar-refractivity contribution < 1.29 is 14.3 Å². The SMILES string of the molecule is CC(C)=N/N=C/OC(=O)CC1NCC(=O)N1. The van der Waals surface area contributed by atoms with Crippen LogP contribution in [0.2, 0.25) is 0 Å². The molecule has 1 unspecified atom stereocenters. The molecule has 1 aliphatic rings. The predicted molar refractivity (Wildman–Crippen MR) is 57.9 cm³/mol. The molecule has 16 heavy (non-hydrogen) atoms. The van der Waals surface area contributed by atoms with Crippen LogP contribution in [0, 0.1) is 0 Å². The fraction of sp³-hybridized carbons (Fsp3) is 0.556. The number of carbonyl (C=O) groups is 2. The third-order valence-electron chi connectivity index (χ3n) is 1.70. The summed E-state index contributed by atoms with van der Waals surface area (Å²) in [5.74, 6) is -0.606. The molecule has 88 valence electrons. The first-order valence-electron chi connectivity index (χ1n) is 4.83. The average molecular weight is 226 g/mol. The summed E-state index contributed by atoms with van der Waals surface area (Å²) < 4.78 is 4.66. The van der Waals surface area contributed by atoms with Crippen LogP contribution in [0.15, 0.2) is 10.2 Å². The Bertz CT molecular complexity index is 334. The maximum Gasteiger partial charge on any atom is 0.315 e. The van der Waals surface area contributed by atoms with Crippen LogP contribution in [0.1, 0.15) is 20.3 Å². The summed E-state index contributed by atoms with van der Waals surface area (Å²) in [5.41, 5.74) is 0.761. The number of nitrogens with one attached hydrogen (secondary N) is 2. The van der Waals surface area contributed by atoms with Crippen LogP contribution in [0.25, 0.3) is 0 Å². The molecule has 0 aromatic heterocycles. The van der Waals surface area contributed by atoms with Crippen LogP contribution >= 0.6 is 0 Å². The van der Waals surface area contributed by atoms with E-state index < -0.39 is 5.97 Å². The van der Waals surface area contributed by atoms with Crippen LogP contribution < -0.4 is 10.6 Å². The maximum absolute atomic E-state index is 11.2. The van der Waals surface area contributed by atoms with Crippen molar-refractivity contribution in [1.82, 2.24) is 10.6 Å². The van der Waals surface area contributed by atoms with Gasteiger partial charge in [0, 0.05) is 5.71 Å². The molecule has 1 heterocycles. The Kier molecular flexibility index (Phi) is 4.59. The minimum atomic E-state index is -0.479. The number of esters is 1. The van der Waals surface area contributed by atoms with Crippen molar-refractivity contribution in [3.63, 3.8) is 0 Å². The molecule has 1 aliphatic heterocycles. The van der Waals surface area contributed by atoms with Gasteiger partial charge in [-0.1, -0.05) is 0 Å². The van der Waals surface area contributed by atoms with Crippen molar-refractivity contribution in [3.8, 4) is 0 Å². The maximum atomic E-state index is 11.2. The number of ether oxygens (including phenoxy) is 1. The lowest BCUT2D eigenvalue weighted by Crippen LogP contribution is -2.34. The largest absolute Gasteiger partial charge is 0.413 e. The summed E-state index contributed by atoms with van der Waals surface area (Å²) >= 11 is 0. The Balaban J connectivity index is 2.23. The molecule has 0 saturated carbocycles. The number of amides is 1. The van der Waals surface area contributed by atoms with Crippen LogP contribution in [0.5, 0.6) is 0 Å². The zero-order chi connectivity index (χ0) is 12.0. The smallest absolute Gasteiger partial charge is 0.315 e. The molecule has 1 atom stereocenters. The number of hydrogen-bond acceptors (Lipinski definition) is 6. The second-order valence-corrected chi connectivity index (χ2v) is 3.46. The highest BCUT2D eigenvalue weighted by molar-refractivity contribution is 5.83. The molecule has 0 aliphatic carbocycles. The second kappa shape index (κ2) is 5.96. The van der Waals surface area contributed by atoms with Crippen LogP contribution in [-0.2, 0) is 14.3 Å². The highest BCUT2D eigenvalue weighted by Gasteiger charge is 2.22. The Morgan fingerprint density at radius 2 is 2.38 bits per heavy atom. The summed E-state index contributed by atoms with van der Waals surface area (Å²) in [7, 11) is 0. The van der Waals surface area contributed by atoms with Gasteiger partial charge >= 0.3 is 5.97 Å². The summed E-state index contributed by atoms with van der Waals surface area (Å²) in [5, 5.41) is 12.6. The molecular formula is C9H14N4O3. The lowest BCUT2D eigenvalue weighted by molar-refractivity contribution is -0.135. The number of nitrogens with zero attached hydrogens (tertiary/aromatic N) is 2. The van der Waals surface area contributed by atoms with Crippen molar-refractivity contribution in [2.75, 3.05) is 6.54 Å². The molecule has 0 bridgehead atoms. The molecule has 0 aromatic carbocycles. The van der Waals surface area contributed by atoms with Crippen molar-refractivity contribution in [2.24, 2.45) is 10.2 Å². The Labute approximate surface area is 93.0 Å². The van der Waals surface area contributed by atoms with Crippen LogP contribution in [0.4, 0.5) is 0 Å².